The lowest BCUT2D eigenvalue weighted by Gasteiger charge is -2.23. The van der Waals surface area contributed by atoms with Crippen LogP contribution in [0.15, 0.2) is 47.6 Å². The summed E-state index contributed by atoms with van der Waals surface area (Å²) in [6, 6.07) is 11.7. The topological polar surface area (TPSA) is 65.0 Å². The molecule has 0 bridgehead atoms. The highest BCUT2D eigenvalue weighted by molar-refractivity contribution is 6.00. The Morgan fingerprint density at radius 1 is 0.931 bits per heavy atom. The Balaban J connectivity index is 1.60. The smallest absolute Gasteiger partial charge is 0.230 e. The number of para-hydroxylation sites is 2. The molecule has 1 N–H and O–H groups in total. The summed E-state index contributed by atoms with van der Waals surface area (Å²) in [5.41, 5.74) is 0.883. The summed E-state index contributed by atoms with van der Waals surface area (Å²) >= 11 is 0. The van der Waals surface area contributed by atoms with E-state index in [0.717, 1.165) is 75.6 Å². The van der Waals surface area contributed by atoms with Crippen LogP contribution >= 0.6 is 0 Å². The SMILES string of the molecule is c1ccc2c(c1)OCCCCCN=C(NCC1CCOCC1)c1cccnc1O2. The highest BCUT2D eigenvalue weighted by atomic mass is 16.5. The van der Waals surface area contributed by atoms with Gasteiger partial charge in [0.05, 0.1) is 12.2 Å². The van der Waals surface area contributed by atoms with Crippen LogP contribution in [0.1, 0.15) is 37.7 Å². The van der Waals surface area contributed by atoms with Gasteiger partial charge in [0.25, 0.3) is 0 Å². The van der Waals surface area contributed by atoms with Gasteiger partial charge in [-0.2, -0.15) is 0 Å². The van der Waals surface area contributed by atoms with Crippen molar-refractivity contribution < 1.29 is 14.2 Å². The molecular formula is C23H29N3O3. The van der Waals surface area contributed by atoms with Crippen LogP contribution in [0.2, 0.25) is 0 Å². The monoisotopic (exact) mass is 395 g/mol. The average molecular weight is 396 g/mol. The van der Waals surface area contributed by atoms with Gasteiger partial charge in [-0.05, 0) is 62.3 Å². The first kappa shape index (κ1) is 19.7. The number of aliphatic imine (C=N–C) groups is 1. The number of hydrogen-bond acceptors (Lipinski definition) is 6. The minimum absolute atomic E-state index is 0.543. The third-order valence-corrected chi connectivity index (χ3v) is 5.31. The Labute approximate surface area is 172 Å². The third-order valence-electron chi connectivity index (χ3n) is 5.31. The fourth-order valence-electron chi connectivity index (χ4n) is 3.60. The summed E-state index contributed by atoms with van der Waals surface area (Å²) in [6.07, 6.45) is 7.03. The van der Waals surface area contributed by atoms with Gasteiger partial charge in [0.15, 0.2) is 11.5 Å². The highest BCUT2D eigenvalue weighted by Crippen LogP contribution is 2.32. The fraction of sp³-hybridized carbons (Fsp3) is 0.478. The molecule has 2 aliphatic rings. The molecule has 2 aromatic rings. The summed E-state index contributed by atoms with van der Waals surface area (Å²) in [7, 11) is 0. The van der Waals surface area contributed by atoms with Gasteiger partial charge in [-0.25, -0.2) is 4.98 Å². The molecule has 1 fully saturated rings. The molecule has 0 radical (unpaired) electrons. The molecule has 1 aromatic heterocycles. The molecule has 2 aliphatic heterocycles. The number of rotatable bonds is 2. The van der Waals surface area contributed by atoms with Crippen molar-refractivity contribution in [2.45, 2.75) is 32.1 Å². The Morgan fingerprint density at radius 3 is 2.69 bits per heavy atom. The lowest BCUT2D eigenvalue weighted by atomic mass is 10.0. The van der Waals surface area contributed by atoms with Crippen molar-refractivity contribution in [2.75, 3.05) is 32.9 Å². The van der Waals surface area contributed by atoms with Crippen LogP contribution in [0, 0.1) is 5.92 Å². The van der Waals surface area contributed by atoms with E-state index >= 15 is 0 Å². The van der Waals surface area contributed by atoms with Crippen molar-refractivity contribution in [3.63, 3.8) is 0 Å². The average Bonchev–Trinajstić information content (AvgIpc) is 2.78. The first-order valence-corrected chi connectivity index (χ1v) is 10.6. The molecule has 0 saturated carbocycles. The number of aromatic nitrogens is 1. The van der Waals surface area contributed by atoms with Gasteiger partial charge in [-0.1, -0.05) is 12.1 Å². The molecule has 3 heterocycles. The molecule has 29 heavy (non-hydrogen) atoms. The zero-order valence-electron chi connectivity index (χ0n) is 16.8. The van der Waals surface area contributed by atoms with E-state index in [1.54, 1.807) is 6.20 Å². The molecular weight excluding hydrogens is 366 g/mol. The molecule has 154 valence electrons. The molecule has 1 aromatic carbocycles. The maximum absolute atomic E-state index is 6.20. The number of fused-ring (bicyclic) bond motifs is 2. The van der Waals surface area contributed by atoms with Gasteiger partial charge in [0.2, 0.25) is 5.88 Å². The van der Waals surface area contributed by atoms with Crippen LogP contribution in [0.3, 0.4) is 0 Å². The van der Waals surface area contributed by atoms with Crippen LogP contribution < -0.4 is 14.8 Å². The second-order valence-corrected chi connectivity index (χ2v) is 7.48. The third kappa shape index (κ3) is 5.48. The summed E-state index contributed by atoms with van der Waals surface area (Å²) in [5, 5.41) is 3.58. The maximum Gasteiger partial charge on any atom is 0.230 e. The van der Waals surface area contributed by atoms with Gasteiger partial charge in [-0.3, -0.25) is 4.99 Å². The molecule has 1 saturated heterocycles. The predicted octanol–water partition coefficient (Wildman–Crippen LogP) is 4.20. The van der Waals surface area contributed by atoms with Crippen LogP contribution in [0.4, 0.5) is 0 Å². The van der Waals surface area contributed by atoms with Gasteiger partial charge < -0.3 is 19.5 Å². The molecule has 6 heteroatoms. The quantitative estimate of drug-likeness (QED) is 0.826. The molecule has 0 unspecified atom stereocenters. The van der Waals surface area contributed by atoms with Gasteiger partial charge in [0, 0.05) is 32.5 Å². The second kappa shape index (κ2) is 10.3. The minimum Gasteiger partial charge on any atom is -0.490 e. The highest BCUT2D eigenvalue weighted by Gasteiger charge is 2.18. The molecule has 0 spiro atoms. The zero-order chi connectivity index (χ0) is 19.7. The van der Waals surface area contributed by atoms with Gasteiger partial charge in [0.1, 0.15) is 5.84 Å². The number of benzene rings is 1. The fourth-order valence-corrected chi connectivity index (χ4v) is 3.60. The summed E-state index contributed by atoms with van der Waals surface area (Å²) < 4.78 is 17.6. The normalized spacial score (nSPS) is 18.4. The molecule has 0 aliphatic carbocycles. The van der Waals surface area contributed by atoms with E-state index in [2.05, 4.69) is 10.3 Å². The molecule has 6 nitrogen and oxygen atoms in total. The van der Waals surface area contributed by atoms with Crippen molar-refractivity contribution in [3.8, 4) is 17.4 Å². The first-order valence-electron chi connectivity index (χ1n) is 10.6. The van der Waals surface area contributed by atoms with Crippen molar-refractivity contribution in [2.24, 2.45) is 10.9 Å². The van der Waals surface area contributed by atoms with E-state index in [0.29, 0.717) is 24.2 Å². The second-order valence-electron chi connectivity index (χ2n) is 7.48. The lowest BCUT2D eigenvalue weighted by Crippen LogP contribution is -2.33. The molecule has 0 atom stereocenters. The minimum atomic E-state index is 0.543. The van der Waals surface area contributed by atoms with E-state index in [4.69, 9.17) is 19.2 Å². The number of pyridine rings is 1. The largest absolute Gasteiger partial charge is 0.490 e. The van der Waals surface area contributed by atoms with Gasteiger partial charge >= 0.3 is 0 Å². The number of hydrogen-bond donors (Lipinski definition) is 1. The van der Waals surface area contributed by atoms with Gasteiger partial charge in [-0.15, -0.1) is 0 Å². The summed E-state index contributed by atoms with van der Waals surface area (Å²) in [4.78, 5) is 9.38. The first-order chi connectivity index (χ1) is 14.4. The van der Waals surface area contributed by atoms with Crippen molar-refractivity contribution >= 4 is 5.84 Å². The Morgan fingerprint density at radius 2 is 1.79 bits per heavy atom. The van der Waals surface area contributed by atoms with E-state index in [1.165, 1.54) is 0 Å². The Kier molecular flexibility index (Phi) is 6.97. The predicted molar refractivity (Wildman–Crippen MR) is 113 cm³/mol. The maximum atomic E-state index is 6.20. The van der Waals surface area contributed by atoms with Crippen LogP contribution in [-0.2, 0) is 4.74 Å². The number of nitrogens with zero attached hydrogens (tertiary/aromatic N) is 2. The molecule has 0 amide bonds. The Bertz CT molecular complexity index is 819. The van der Waals surface area contributed by atoms with Crippen LogP contribution in [-0.4, -0.2) is 43.7 Å². The zero-order valence-corrected chi connectivity index (χ0v) is 16.8. The number of ether oxygens (including phenoxy) is 3. The van der Waals surface area contributed by atoms with E-state index in [9.17, 15) is 0 Å². The standard InChI is InChI=1S/C23H29N3O3/c1-4-12-24-22(26-17-18-10-15-27-16-11-18)19-7-6-13-25-23(19)29-21-9-3-2-8-20(21)28-14-5-1/h2-3,6-9,13,18H,1,4-5,10-12,14-17H2,(H,24,26). The van der Waals surface area contributed by atoms with Crippen molar-refractivity contribution in [3.05, 3.63) is 48.2 Å². The van der Waals surface area contributed by atoms with E-state index < -0.39 is 0 Å². The van der Waals surface area contributed by atoms with Crippen molar-refractivity contribution in [1.29, 1.82) is 0 Å². The van der Waals surface area contributed by atoms with Crippen LogP contribution in [0.25, 0.3) is 0 Å². The number of amidine groups is 1. The number of nitrogens with one attached hydrogen (secondary N) is 1. The lowest BCUT2D eigenvalue weighted by molar-refractivity contribution is 0.0676. The molecule has 4 rings (SSSR count). The summed E-state index contributed by atoms with van der Waals surface area (Å²) in [5.74, 6) is 3.43. The van der Waals surface area contributed by atoms with E-state index in [-0.39, 0.29) is 0 Å². The van der Waals surface area contributed by atoms with Crippen LogP contribution in [0.5, 0.6) is 17.4 Å². The van der Waals surface area contributed by atoms with Crippen molar-refractivity contribution in [1.82, 2.24) is 10.3 Å². The summed E-state index contributed by atoms with van der Waals surface area (Å²) in [6.45, 7) is 4.02. The Hall–Kier alpha value is -2.60. The van der Waals surface area contributed by atoms with E-state index in [1.807, 2.05) is 36.4 Å².